The maximum atomic E-state index is 11.6. The SMILES string of the molecule is CC(C)NC(=O)OCC1C2CCc3nnn(C(C)C)c3CCC21. The van der Waals surface area contributed by atoms with Gasteiger partial charge in [0.1, 0.15) is 0 Å². The average molecular weight is 320 g/mol. The molecular formula is C17H28N4O2. The van der Waals surface area contributed by atoms with Gasteiger partial charge in [0.2, 0.25) is 0 Å². The van der Waals surface area contributed by atoms with Crippen molar-refractivity contribution < 1.29 is 9.53 Å². The highest BCUT2D eigenvalue weighted by molar-refractivity contribution is 5.67. The molecule has 1 saturated carbocycles. The van der Waals surface area contributed by atoms with Crippen LogP contribution in [0.25, 0.3) is 0 Å². The van der Waals surface area contributed by atoms with E-state index in [2.05, 4.69) is 34.2 Å². The number of amides is 1. The van der Waals surface area contributed by atoms with Gasteiger partial charge in [-0.3, -0.25) is 0 Å². The number of rotatable bonds is 4. The van der Waals surface area contributed by atoms with Crippen molar-refractivity contribution in [2.75, 3.05) is 6.61 Å². The van der Waals surface area contributed by atoms with Gasteiger partial charge in [0.25, 0.3) is 0 Å². The summed E-state index contributed by atoms with van der Waals surface area (Å²) in [5.41, 5.74) is 2.48. The first-order valence-corrected chi connectivity index (χ1v) is 8.83. The van der Waals surface area contributed by atoms with Gasteiger partial charge in [-0.15, -0.1) is 5.10 Å². The predicted molar refractivity (Wildman–Crippen MR) is 87.1 cm³/mol. The van der Waals surface area contributed by atoms with Crippen LogP contribution < -0.4 is 5.32 Å². The minimum Gasteiger partial charge on any atom is -0.449 e. The number of ether oxygens (including phenoxy) is 1. The third-order valence-electron chi connectivity index (χ3n) is 5.11. The summed E-state index contributed by atoms with van der Waals surface area (Å²) in [6, 6.07) is 0.481. The quantitative estimate of drug-likeness (QED) is 0.926. The van der Waals surface area contributed by atoms with Crippen molar-refractivity contribution in [3.8, 4) is 0 Å². The van der Waals surface area contributed by atoms with Gasteiger partial charge < -0.3 is 10.1 Å². The molecule has 1 aromatic heterocycles. The number of hydrogen-bond acceptors (Lipinski definition) is 4. The molecule has 3 unspecified atom stereocenters. The van der Waals surface area contributed by atoms with Crippen LogP contribution in [0.15, 0.2) is 0 Å². The van der Waals surface area contributed by atoms with Crippen LogP contribution in [0.5, 0.6) is 0 Å². The predicted octanol–water partition coefficient (Wildman–Crippen LogP) is 2.73. The van der Waals surface area contributed by atoms with Crippen molar-refractivity contribution in [1.29, 1.82) is 0 Å². The van der Waals surface area contributed by atoms with Gasteiger partial charge in [0.15, 0.2) is 0 Å². The summed E-state index contributed by atoms with van der Waals surface area (Å²) < 4.78 is 7.46. The van der Waals surface area contributed by atoms with E-state index in [1.54, 1.807) is 0 Å². The Labute approximate surface area is 138 Å². The van der Waals surface area contributed by atoms with Crippen LogP contribution in [0.3, 0.4) is 0 Å². The number of nitrogens with zero attached hydrogens (tertiary/aromatic N) is 3. The maximum absolute atomic E-state index is 11.6. The average Bonchev–Trinajstić information content (AvgIpc) is 2.93. The third-order valence-corrected chi connectivity index (χ3v) is 5.11. The summed E-state index contributed by atoms with van der Waals surface area (Å²) in [5.74, 6) is 1.89. The molecule has 0 bridgehead atoms. The Balaban J connectivity index is 1.55. The summed E-state index contributed by atoms with van der Waals surface area (Å²) in [5, 5.41) is 11.5. The summed E-state index contributed by atoms with van der Waals surface area (Å²) in [7, 11) is 0. The fraction of sp³-hybridized carbons (Fsp3) is 0.824. The lowest BCUT2D eigenvalue weighted by Crippen LogP contribution is -2.31. The standard InChI is InChI=1S/C17H28N4O2/c1-10(2)18-17(22)23-9-14-12-5-7-15-16(8-6-13(12)14)21(11(3)4)20-19-15/h10-14H,5-9H2,1-4H3,(H,18,22). The van der Waals surface area contributed by atoms with E-state index in [9.17, 15) is 4.79 Å². The highest BCUT2D eigenvalue weighted by Gasteiger charge is 2.50. The summed E-state index contributed by atoms with van der Waals surface area (Å²) in [6.45, 7) is 8.73. The van der Waals surface area contributed by atoms with Crippen LogP contribution in [0, 0.1) is 17.8 Å². The topological polar surface area (TPSA) is 69.0 Å². The van der Waals surface area contributed by atoms with E-state index in [1.165, 1.54) is 11.4 Å². The molecule has 1 heterocycles. The lowest BCUT2D eigenvalue weighted by Gasteiger charge is -2.12. The van der Waals surface area contributed by atoms with Gasteiger partial charge in [-0.1, -0.05) is 5.21 Å². The van der Waals surface area contributed by atoms with E-state index in [0.29, 0.717) is 30.4 Å². The van der Waals surface area contributed by atoms with E-state index in [4.69, 9.17) is 4.74 Å². The molecule has 6 nitrogen and oxygen atoms in total. The second kappa shape index (κ2) is 6.49. The molecule has 0 spiro atoms. The summed E-state index contributed by atoms with van der Waals surface area (Å²) >= 11 is 0. The number of nitrogens with one attached hydrogen (secondary N) is 1. The van der Waals surface area contributed by atoms with Crippen LogP contribution in [0.2, 0.25) is 0 Å². The largest absolute Gasteiger partial charge is 0.449 e. The van der Waals surface area contributed by atoms with Gasteiger partial charge in [-0.05, 0) is 71.1 Å². The van der Waals surface area contributed by atoms with E-state index in [0.717, 1.165) is 25.7 Å². The Bertz CT molecular complexity index is 567. The molecule has 0 radical (unpaired) electrons. The summed E-state index contributed by atoms with van der Waals surface area (Å²) in [4.78, 5) is 11.6. The Hall–Kier alpha value is -1.59. The second-order valence-electron chi connectivity index (χ2n) is 7.49. The number of carbonyl (C=O) groups excluding carboxylic acids is 1. The Morgan fingerprint density at radius 2 is 1.96 bits per heavy atom. The molecule has 0 aromatic carbocycles. The fourth-order valence-electron chi connectivity index (χ4n) is 3.90. The first-order chi connectivity index (χ1) is 11.0. The first kappa shape index (κ1) is 16.3. The number of alkyl carbamates (subject to hydrolysis) is 1. The molecule has 2 aliphatic carbocycles. The molecule has 6 heteroatoms. The van der Waals surface area contributed by atoms with E-state index >= 15 is 0 Å². The van der Waals surface area contributed by atoms with Gasteiger partial charge in [-0.2, -0.15) is 0 Å². The molecule has 23 heavy (non-hydrogen) atoms. The normalized spacial score (nSPS) is 26.3. The summed E-state index contributed by atoms with van der Waals surface area (Å²) in [6.07, 6.45) is 4.03. The van der Waals surface area contributed by atoms with Gasteiger partial charge in [0, 0.05) is 12.1 Å². The maximum Gasteiger partial charge on any atom is 0.407 e. The van der Waals surface area contributed by atoms with Gasteiger partial charge in [0.05, 0.1) is 18.0 Å². The van der Waals surface area contributed by atoms with Gasteiger partial charge >= 0.3 is 6.09 Å². The molecule has 1 N–H and O–H groups in total. The van der Waals surface area contributed by atoms with Crippen molar-refractivity contribution in [2.24, 2.45) is 17.8 Å². The molecule has 3 atom stereocenters. The van der Waals surface area contributed by atoms with Crippen molar-refractivity contribution in [3.05, 3.63) is 11.4 Å². The van der Waals surface area contributed by atoms with Gasteiger partial charge in [-0.25, -0.2) is 9.48 Å². The minimum atomic E-state index is -0.292. The molecule has 3 rings (SSSR count). The Kier molecular flexibility index (Phi) is 4.60. The second-order valence-corrected chi connectivity index (χ2v) is 7.49. The highest BCUT2D eigenvalue weighted by Crippen LogP contribution is 2.52. The van der Waals surface area contributed by atoms with Crippen LogP contribution in [-0.4, -0.2) is 33.7 Å². The molecule has 0 aliphatic heterocycles. The lowest BCUT2D eigenvalue weighted by molar-refractivity contribution is 0.135. The number of aromatic nitrogens is 3. The van der Waals surface area contributed by atoms with E-state index in [1.807, 2.05) is 13.8 Å². The molecule has 128 valence electrons. The minimum absolute atomic E-state index is 0.120. The number of aryl methyl sites for hydroxylation is 1. The van der Waals surface area contributed by atoms with Crippen LogP contribution in [0.1, 0.15) is 58.0 Å². The van der Waals surface area contributed by atoms with Crippen LogP contribution in [-0.2, 0) is 17.6 Å². The molecule has 1 fully saturated rings. The zero-order chi connectivity index (χ0) is 16.6. The lowest BCUT2D eigenvalue weighted by atomic mass is 10.0. The van der Waals surface area contributed by atoms with Crippen molar-refractivity contribution >= 4 is 6.09 Å². The zero-order valence-corrected chi connectivity index (χ0v) is 14.6. The zero-order valence-electron chi connectivity index (χ0n) is 14.6. The molecule has 0 saturated heterocycles. The number of carbonyl (C=O) groups is 1. The van der Waals surface area contributed by atoms with Crippen LogP contribution in [0.4, 0.5) is 4.79 Å². The van der Waals surface area contributed by atoms with Crippen LogP contribution >= 0.6 is 0 Å². The molecule has 1 amide bonds. The molecule has 2 aliphatic rings. The van der Waals surface area contributed by atoms with E-state index in [-0.39, 0.29) is 12.1 Å². The highest BCUT2D eigenvalue weighted by atomic mass is 16.5. The number of hydrogen-bond donors (Lipinski definition) is 1. The monoisotopic (exact) mass is 320 g/mol. The number of fused-ring (bicyclic) bond motifs is 2. The third kappa shape index (κ3) is 3.51. The van der Waals surface area contributed by atoms with Crippen molar-refractivity contribution in [1.82, 2.24) is 20.3 Å². The van der Waals surface area contributed by atoms with E-state index < -0.39 is 0 Å². The fourth-order valence-corrected chi connectivity index (χ4v) is 3.90. The molecular weight excluding hydrogens is 292 g/mol. The molecule has 1 aromatic rings. The Morgan fingerprint density at radius 1 is 1.26 bits per heavy atom. The van der Waals surface area contributed by atoms with Crippen molar-refractivity contribution in [3.63, 3.8) is 0 Å². The first-order valence-electron chi connectivity index (χ1n) is 8.83. The smallest absolute Gasteiger partial charge is 0.407 e. The Morgan fingerprint density at radius 3 is 2.61 bits per heavy atom. The van der Waals surface area contributed by atoms with Crippen molar-refractivity contribution in [2.45, 2.75) is 65.5 Å².